The van der Waals surface area contributed by atoms with E-state index < -0.39 is 45.9 Å². The van der Waals surface area contributed by atoms with E-state index in [9.17, 15) is 29.3 Å². The Morgan fingerprint density at radius 3 is 2.68 bits per heavy atom. The molecule has 0 fully saturated rings. The standard InChI is InChI=1S/C13H9ClN4O7/c14-6-1-2-8(9(3-6)18(23)24)16-10(19)5-25-12(21)7-4-15-13(22)17-11(7)20/h1-4H,5H2,(H,16,19)(H2,15,17,20,22). The van der Waals surface area contributed by atoms with Crippen LogP contribution in [0.2, 0.25) is 5.02 Å². The number of hydrogen-bond acceptors (Lipinski definition) is 7. The molecule has 0 saturated carbocycles. The molecule has 0 aliphatic heterocycles. The van der Waals surface area contributed by atoms with Crippen molar-refractivity contribution in [1.82, 2.24) is 9.97 Å². The smallest absolute Gasteiger partial charge is 0.345 e. The molecule has 0 bridgehead atoms. The molecule has 12 heteroatoms. The first-order valence-corrected chi connectivity index (χ1v) is 6.88. The summed E-state index contributed by atoms with van der Waals surface area (Å²) in [6.07, 6.45) is 0.839. The van der Waals surface area contributed by atoms with Gasteiger partial charge in [-0.05, 0) is 12.1 Å². The minimum absolute atomic E-state index is 0.105. The number of esters is 1. The van der Waals surface area contributed by atoms with Gasteiger partial charge in [0.2, 0.25) is 0 Å². The molecule has 3 N–H and O–H groups in total. The molecule has 0 saturated heterocycles. The van der Waals surface area contributed by atoms with E-state index in [-0.39, 0.29) is 10.7 Å². The van der Waals surface area contributed by atoms with Gasteiger partial charge in [0.15, 0.2) is 6.61 Å². The first kappa shape index (κ1) is 17.9. The minimum atomic E-state index is -1.15. The summed E-state index contributed by atoms with van der Waals surface area (Å²) in [6, 6.07) is 3.59. The Balaban J connectivity index is 2.04. The Morgan fingerprint density at radius 1 is 1.32 bits per heavy atom. The van der Waals surface area contributed by atoms with Crippen LogP contribution < -0.4 is 16.6 Å². The number of ether oxygens (including phenoxy) is 1. The van der Waals surface area contributed by atoms with E-state index in [1.807, 2.05) is 4.98 Å². The average Bonchev–Trinajstić information content (AvgIpc) is 2.54. The third kappa shape index (κ3) is 4.51. The number of anilines is 1. The quantitative estimate of drug-likeness (QED) is 0.391. The monoisotopic (exact) mass is 368 g/mol. The van der Waals surface area contributed by atoms with E-state index in [2.05, 4.69) is 15.0 Å². The highest BCUT2D eigenvalue weighted by Crippen LogP contribution is 2.27. The van der Waals surface area contributed by atoms with Gasteiger partial charge in [0.25, 0.3) is 17.2 Å². The number of rotatable bonds is 5. The third-order valence-corrected chi connectivity index (χ3v) is 3.04. The van der Waals surface area contributed by atoms with Gasteiger partial charge in [0.05, 0.1) is 4.92 Å². The van der Waals surface area contributed by atoms with Crippen molar-refractivity contribution < 1.29 is 19.2 Å². The fourth-order valence-corrected chi connectivity index (χ4v) is 1.88. The molecule has 0 atom stereocenters. The van der Waals surface area contributed by atoms with E-state index in [0.29, 0.717) is 0 Å². The maximum atomic E-state index is 11.8. The second-order valence-corrected chi connectivity index (χ2v) is 4.96. The van der Waals surface area contributed by atoms with Crippen LogP contribution in [0.5, 0.6) is 0 Å². The van der Waals surface area contributed by atoms with E-state index in [0.717, 1.165) is 12.3 Å². The lowest BCUT2D eigenvalue weighted by Crippen LogP contribution is -2.29. The molecule has 1 amide bonds. The van der Waals surface area contributed by atoms with Crippen molar-refractivity contribution in [2.24, 2.45) is 0 Å². The van der Waals surface area contributed by atoms with Gasteiger partial charge >= 0.3 is 11.7 Å². The van der Waals surface area contributed by atoms with Crippen LogP contribution in [0.1, 0.15) is 10.4 Å². The van der Waals surface area contributed by atoms with Crippen LogP contribution in [0.25, 0.3) is 0 Å². The summed E-state index contributed by atoms with van der Waals surface area (Å²) < 4.78 is 4.62. The zero-order valence-electron chi connectivity index (χ0n) is 12.2. The Kier molecular flexibility index (Phi) is 5.29. The fraction of sp³-hybridized carbons (Fsp3) is 0.0769. The lowest BCUT2D eigenvalue weighted by Gasteiger charge is -2.07. The number of aromatic amines is 2. The number of hydrogen-bond donors (Lipinski definition) is 3. The van der Waals surface area contributed by atoms with Crippen molar-refractivity contribution in [2.45, 2.75) is 0 Å². The van der Waals surface area contributed by atoms with Crippen molar-refractivity contribution in [1.29, 1.82) is 0 Å². The van der Waals surface area contributed by atoms with Crippen LogP contribution in [0.15, 0.2) is 34.0 Å². The maximum Gasteiger partial charge on any atom is 0.345 e. The van der Waals surface area contributed by atoms with E-state index in [1.54, 1.807) is 0 Å². The number of H-pyrrole nitrogens is 2. The van der Waals surface area contributed by atoms with E-state index in [1.165, 1.54) is 12.1 Å². The summed E-state index contributed by atoms with van der Waals surface area (Å²) in [4.78, 5) is 59.8. The molecule has 1 aromatic heterocycles. The summed E-state index contributed by atoms with van der Waals surface area (Å²) in [5, 5.41) is 13.2. The number of nitrogens with zero attached hydrogens (tertiary/aromatic N) is 1. The molecular formula is C13H9ClN4O7. The lowest BCUT2D eigenvalue weighted by atomic mass is 10.2. The molecule has 1 aromatic carbocycles. The largest absolute Gasteiger partial charge is 0.452 e. The van der Waals surface area contributed by atoms with Crippen molar-refractivity contribution in [2.75, 3.05) is 11.9 Å². The number of benzene rings is 1. The van der Waals surface area contributed by atoms with Gasteiger partial charge in [0, 0.05) is 17.3 Å². The molecule has 0 unspecified atom stereocenters. The molecule has 0 radical (unpaired) electrons. The van der Waals surface area contributed by atoms with Crippen LogP contribution in [0.3, 0.4) is 0 Å². The van der Waals surface area contributed by atoms with Gasteiger partial charge < -0.3 is 15.0 Å². The summed E-state index contributed by atoms with van der Waals surface area (Å²) in [7, 11) is 0. The Morgan fingerprint density at radius 2 is 2.04 bits per heavy atom. The molecule has 1 heterocycles. The summed E-state index contributed by atoms with van der Waals surface area (Å²) in [5.41, 5.74) is -2.89. The van der Waals surface area contributed by atoms with E-state index in [4.69, 9.17) is 11.6 Å². The van der Waals surface area contributed by atoms with Crippen LogP contribution in [0.4, 0.5) is 11.4 Å². The molecule has 0 spiro atoms. The number of aromatic nitrogens is 2. The predicted molar refractivity (Wildman–Crippen MR) is 84.7 cm³/mol. The minimum Gasteiger partial charge on any atom is -0.452 e. The number of halogens is 1. The average molecular weight is 369 g/mol. The van der Waals surface area contributed by atoms with Gasteiger partial charge in [-0.15, -0.1) is 0 Å². The summed E-state index contributed by atoms with van der Waals surface area (Å²) >= 11 is 5.65. The number of nitro benzene ring substituents is 1. The zero-order valence-corrected chi connectivity index (χ0v) is 13.0. The molecule has 0 aliphatic carbocycles. The normalized spacial score (nSPS) is 10.1. The van der Waals surface area contributed by atoms with Crippen LogP contribution in [-0.2, 0) is 9.53 Å². The number of carbonyl (C=O) groups excluding carboxylic acids is 2. The highest BCUT2D eigenvalue weighted by molar-refractivity contribution is 6.31. The van der Waals surface area contributed by atoms with Gasteiger partial charge in [-0.1, -0.05) is 11.6 Å². The molecule has 2 aromatic rings. The first-order valence-electron chi connectivity index (χ1n) is 6.51. The Labute approximate surface area is 142 Å². The third-order valence-electron chi connectivity index (χ3n) is 2.80. The highest BCUT2D eigenvalue weighted by Gasteiger charge is 2.18. The molecule has 25 heavy (non-hydrogen) atoms. The van der Waals surface area contributed by atoms with E-state index >= 15 is 0 Å². The SMILES string of the molecule is O=C(COC(=O)c1c[nH]c(=O)[nH]c1=O)Nc1ccc(Cl)cc1[N+](=O)[O-]. The number of nitro groups is 1. The van der Waals surface area contributed by atoms with Gasteiger partial charge in [-0.3, -0.25) is 24.7 Å². The maximum absolute atomic E-state index is 11.8. The Hall–Kier alpha value is -3.47. The van der Waals surface area contributed by atoms with Crippen LogP contribution in [-0.4, -0.2) is 33.4 Å². The fourth-order valence-electron chi connectivity index (χ4n) is 1.72. The number of amides is 1. The molecule has 11 nitrogen and oxygen atoms in total. The van der Waals surface area contributed by atoms with Crippen LogP contribution in [0, 0.1) is 10.1 Å². The van der Waals surface area contributed by atoms with Crippen molar-refractivity contribution in [3.05, 3.63) is 65.9 Å². The predicted octanol–water partition coefficient (Wildman–Crippen LogP) is 0.420. The topological polar surface area (TPSA) is 164 Å². The summed E-state index contributed by atoms with van der Waals surface area (Å²) in [5.74, 6) is -2.03. The second-order valence-electron chi connectivity index (χ2n) is 4.53. The molecule has 130 valence electrons. The van der Waals surface area contributed by atoms with Gasteiger partial charge in [-0.2, -0.15) is 0 Å². The number of carbonyl (C=O) groups is 2. The van der Waals surface area contributed by atoms with Crippen molar-refractivity contribution in [3.8, 4) is 0 Å². The van der Waals surface area contributed by atoms with Gasteiger partial charge in [0.1, 0.15) is 11.3 Å². The van der Waals surface area contributed by atoms with Gasteiger partial charge in [-0.25, -0.2) is 9.59 Å². The zero-order chi connectivity index (χ0) is 18.6. The molecule has 0 aliphatic rings. The Bertz CT molecular complexity index is 965. The second kappa shape index (κ2) is 7.40. The molecule has 2 rings (SSSR count). The van der Waals surface area contributed by atoms with Crippen molar-refractivity contribution in [3.63, 3.8) is 0 Å². The number of nitrogens with one attached hydrogen (secondary N) is 3. The van der Waals surface area contributed by atoms with Crippen molar-refractivity contribution >= 4 is 34.9 Å². The van der Waals surface area contributed by atoms with Crippen LogP contribution >= 0.6 is 11.6 Å². The lowest BCUT2D eigenvalue weighted by molar-refractivity contribution is -0.383. The first-order chi connectivity index (χ1) is 11.8. The highest BCUT2D eigenvalue weighted by atomic mass is 35.5. The summed E-state index contributed by atoms with van der Waals surface area (Å²) in [6.45, 7) is -0.808. The molecular weight excluding hydrogens is 360 g/mol.